The van der Waals surface area contributed by atoms with Crippen molar-refractivity contribution >= 4 is 18.3 Å². The fourth-order valence-electron chi connectivity index (χ4n) is 1.11. The highest BCUT2D eigenvalue weighted by atomic mass is 35.5. The lowest BCUT2D eigenvalue weighted by atomic mass is 10.3. The van der Waals surface area contributed by atoms with Crippen LogP contribution in [0.25, 0.3) is 0 Å². The van der Waals surface area contributed by atoms with E-state index in [1.54, 1.807) is 0 Å². The van der Waals surface area contributed by atoms with Crippen molar-refractivity contribution < 1.29 is 14.3 Å². The first-order chi connectivity index (χ1) is 6.74. The van der Waals surface area contributed by atoms with E-state index in [0.29, 0.717) is 26.4 Å². The monoisotopic (exact) mass is 238 g/mol. The minimum atomic E-state index is -0.437. The molecule has 0 aliphatic carbocycles. The maximum absolute atomic E-state index is 11.5. The highest BCUT2D eigenvalue weighted by Crippen LogP contribution is 2.00. The number of ether oxygens (including phenoxy) is 2. The summed E-state index contributed by atoms with van der Waals surface area (Å²) in [6, 6.07) is 0.267. The van der Waals surface area contributed by atoms with Crippen molar-refractivity contribution in [3.05, 3.63) is 0 Å². The predicted octanol–water partition coefficient (Wildman–Crippen LogP) is -0.452. The molecule has 1 aliphatic rings. The summed E-state index contributed by atoms with van der Waals surface area (Å²) in [6.45, 7) is 4.05. The average molecular weight is 239 g/mol. The number of nitrogens with one attached hydrogen (secondary N) is 2. The van der Waals surface area contributed by atoms with Crippen LogP contribution in [0.5, 0.6) is 0 Å². The van der Waals surface area contributed by atoms with Crippen LogP contribution in [0.4, 0.5) is 0 Å². The zero-order chi connectivity index (χ0) is 10.4. The summed E-state index contributed by atoms with van der Waals surface area (Å²) in [5, 5.41) is 5.83. The Balaban J connectivity index is 0.00000196. The first kappa shape index (κ1) is 14.6. The van der Waals surface area contributed by atoms with Crippen molar-refractivity contribution in [1.29, 1.82) is 0 Å². The summed E-state index contributed by atoms with van der Waals surface area (Å²) < 4.78 is 10.4. The maximum atomic E-state index is 11.5. The molecular formula is C9H19ClN2O3. The Morgan fingerprint density at radius 2 is 2.27 bits per heavy atom. The van der Waals surface area contributed by atoms with Gasteiger partial charge in [-0.15, -0.1) is 12.4 Å². The van der Waals surface area contributed by atoms with Gasteiger partial charge in [0.25, 0.3) is 5.91 Å². The molecule has 0 saturated carbocycles. The van der Waals surface area contributed by atoms with Gasteiger partial charge < -0.3 is 20.1 Å². The summed E-state index contributed by atoms with van der Waals surface area (Å²) in [5.41, 5.74) is 0. The molecule has 5 nitrogen and oxygen atoms in total. The Hall–Kier alpha value is -0.360. The van der Waals surface area contributed by atoms with Crippen LogP contribution in [0.1, 0.15) is 6.92 Å². The van der Waals surface area contributed by atoms with Crippen LogP contribution in [0.2, 0.25) is 0 Å². The molecule has 1 amide bonds. The van der Waals surface area contributed by atoms with Crippen molar-refractivity contribution in [2.24, 2.45) is 0 Å². The van der Waals surface area contributed by atoms with Crippen LogP contribution in [0.3, 0.4) is 0 Å². The predicted molar refractivity (Wildman–Crippen MR) is 59.3 cm³/mol. The number of hydrogen-bond donors (Lipinski definition) is 2. The van der Waals surface area contributed by atoms with Crippen molar-refractivity contribution in [2.75, 3.05) is 33.4 Å². The number of rotatable bonds is 4. The highest BCUT2D eigenvalue weighted by molar-refractivity contribution is 5.85. The number of hydrogen-bond acceptors (Lipinski definition) is 4. The molecule has 1 saturated heterocycles. The molecule has 0 aromatic carbocycles. The maximum Gasteiger partial charge on any atom is 0.251 e. The van der Waals surface area contributed by atoms with Gasteiger partial charge in [0.05, 0.1) is 19.8 Å². The van der Waals surface area contributed by atoms with E-state index in [-0.39, 0.29) is 24.4 Å². The smallest absolute Gasteiger partial charge is 0.251 e. The summed E-state index contributed by atoms with van der Waals surface area (Å²) >= 11 is 0. The third kappa shape index (κ3) is 5.32. The summed E-state index contributed by atoms with van der Waals surface area (Å²) in [6.07, 6.45) is -0.437. The van der Waals surface area contributed by atoms with Gasteiger partial charge in [0.1, 0.15) is 0 Å². The van der Waals surface area contributed by atoms with Crippen LogP contribution in [0, 0.1) is 0 Å². The summed E-state index contributed by atoms with van der Waals surface area (Å²) in [7, 11) is 1.86. The van der Waals surface area contributed by atoms with Gasteiger partial charge in [-0.05, 0) is 14.0 Å². The van der Waals surface area contributed by atoms with E-state index in [4.69, 9.17) is 9.47 Å². The molecule has 0 spiro atoms. The molecular weight excluding hydrogens is 220 g/mol. The second-order valence-electron chi connectivity index (χ2n) is 3.37. The second kappa shape index (κ2) is 7.87. The van der Waals surface area contributed by atoms with Crippen molar-refractivity contribution in [1.82, 2.24) is 10.6 Å². The van der Waals surface area contributed by atoms with Gasteiger partial charge in [-0.25, -0.2) is 0 Å². The van der Waals surface area contributed by atoms with E-state index in [0.717, 1.165) is 0 Å². The standard InChI is InChI=1S/C9H18N2O3.ClH/c1-7(10-2)5-11-9(12)8-6-13-3-4-14-8;/h7-8,10H,3-6H2,1-2H3,(H,11,12);1H. The zero-order valence-corrected chi connectivity index (χ0v) is 9.93. The van der Waals surface area contributed by atoms with Crippen LogP contribution in [0.15, 0.2) is 0 Å². The quantitative estimate of drug-likeness (QED) is 0.697. The summed E-state index contributed by atoms with van der Waals surface area (Å²) in [5.74, 6) is -0.0909. The number of carbonyl (C=O) groups is 1. The zero-order valence-electron chi connectivity index (χ0n) is 9.12. The molecule has 0 aromatic heterocycles. The Kier molecular flexibility index (Phi) is 7.68. The molecule has 6 heteroatoms. The third-order valence-corrected chi connectivity index (χ3v) is 2.18. The van der Waals surface area contributed by atoms with Gasteiger partial charge >= 0.3 is 0 Å². The fourth-order valence-corrected chi connectivity index (χ4v) is 1.11. The van der Waals surface area contributed by atoms with Gasteiger partial charge in [-0.2, -0.15) is 0 Å². The lowest BCUT2D eigenvalue weighted by molar-refractivity contribution is -0.147. The molecule has 2 N–H and O–H groups in total. The molecule has 1 fully saturated rings. The van der Waals surface area contributed by atoms with E-state index in [2.05, 4.69) is 10.6 Å². The molecule has 1 heterocycles. The van der Waals surface area contributed by atoms with Gasteiger partial charge in [-0.1, -0.05) is 0 Å². The lowest BCUT2D eigenvalue weighted by Crippen LogP contribution is -2.46. The van der Waals surface area contributed by atoms with E-state index in [9.17, 15) is 4.79 Å². The molecule has 0 bridgehead atoms. The van der Waals surface area contributed by atoms with E-state index < -0.39 is 6.10 Å². The molecule has 0 radical (unpaired) electrons. The number of likely N-dealkylation sites (N-methyl/N-ethyl adjacent to an activating group) is 1. The number of carbonyl (C=O) groups excluding carboxylic acids is 1. The molecule has 1 aliphatic heterocycles. The largest absolute Gasteiger partial charge is 0.376 e. The van der Waals surface area contributed by atoms with Gasteiger partial charge in [0, 0.05) is 12.6 Å². The van der Waals surface area contributed by atoms with Crippen LogP contribution < -0.4 is 10.6 Å². The highest BCUT2D eigenvalue weighted by Gasteiger charge is 2.22. The second-order valence-corrected chi connectivity index (χ2v) is 3.37. The van der Waals surface area contributed by atoms with E-state index >= 15 is 0 Å². The molecule has 0 aromatic rings. The van der Waals surface area contributed by atoms with Crippen LogP contribution in [-0.2, 0) is 14.3 Å². The molecule has 2 unspecified atom stereocenters. The Labute approximate surface area is 96.3 Å². The molecule has 1 rings (SSSR count). The summed E-state index contributed by atoms with van der Waals surface area (Å²) in [4.78, 5) is 11.5. The van der Waals surface area contributed by atoms with E-state index in [1.807, 2.05) is 14.0 Å². The van der Waals surface area contributed by atoms with E-state index in [1.165, 1.54) is 0 Å². The average Bonchev–Trinajstić information content (AvgIpc) is 2.26. The van der Waals surface area contributed by atoms with Crippen LogP contribution >= 0.6 is 12.4 Å². The van der Waals surface area contributed by atoms with Gasteiger partial charge in [0.15, 0.2) is 6.10 Å². The van der Waals surface area contributed by atoms with Crippen molar-refractivity contribution in [3.63, 3.8) is 0 Å². The lowest BCUT2D eigenvalue weighted by Gasteiger charge is -2.22. The minimum absolute atomic E-state index is 0. The number of amides is 1. The first-order valence-electron chi connectivity index (χ1n) is 4.88. The normalized spacial score (nSPS) is 22.7. The van der Waals surface area contributed by atoms with Crippen LogP contribution in [-0.4, -0.2) is 51.5 Å². The Bertz CT molecular complexity index is 186. The minimum Gasteiger partial charge on any atom is -0.376 e. The Morgan fingerprint density at radius 1 is 1.53 bits per heavy atom. The Morgan fingerprint density at radius 3 is 2.80 bits per heavy atom. The number of halogens is 1. The van der Waals surface area contributed by atoms with Crippen molar-refractivity contribution in [3.8, 4) is 0 Å². The molecule has 15 heavy (non-hydrogen) atoms. The first-order valence-corrected chi connectivity index (χ1v) is 4.88. The third-order valence-electron chi connectivity index (χ3n) is 2.18. The fraction of sp³-hybridized carbons (Fsp3) is 0.889. The topological polar surface area (TPSA) is 59.6 Å². The molecule has 90 valence electrons. The van der Waals surface area contributed by atoms with Gasteiger partial charge in [0.2, 0.25) is 0 Å². The van der Waals surface area contributed by atoms with Gasteiger partial charge in [-0.3, -0.25) is 4.79 Å². The van der Waals surface area contributed by atoms with Crippen molar-refractivity contribution in [2.45, 2.75) is 19.1 Å². The molecule has 2 atom stereocenters. The SMILES string of the molecule is CNC(C)CNC(=O)C1COCCO1.Cl.